The Kier molecular flexibility index (Phi) is 8.10. The Morgan fingerprint density at radius 3 is 2.46 bits per heavy atom. The molecule has 3 aromatic carbocycles. The van der Waals surface area contributed by atoms with E-state index in [-0.39, 0.29) is 17.5 Å². The number of fused-ring (bicyclic) bond motifs is 1. The lowest BCUT2D eigenvalue weighted by Crippen LogP contribution is -2.29. The Hall–Kier alpha value is -3.72. The van der Waals surface area contributed by atoms with Gasteiger partial charge >= 0.3 is 0 Å². The van der Waals surface area contributed by atoms with E-state index < -0.39 is 0 Å². The number of rotatable bonds is 10. The van der Waals surface area contributed by atoms with Gasteiger partial charge in [0.1, 0.15) is 22.9 Å². The smallest absolute Gasteiger partial charge is 0.287 e. The Morgan fingerprint density at radius 1 is 1.00 bits per heavy atom. The van der Waals surface area contributed by atoms with Crippen molar-refractivity contribution in [1.82, 2.24) is 15.7 Å². The third kappa shape index (κ3) is 6.24. The van der Waals surface area contributed by atoms with Gasteiger partial charge in [-0.1, -0.05) is 60.7 Å². The molecule has 0 saturated heterocycles. The molecule has 3 N–H and O–H groups in total. The number of hydrogen-bond acceptors (Lipinski definition) is 6. The van der Waals surface area contributed by atoms with Crippen molar-refractivity contribution in [3.05, 3.63) is 101 Å². The van der Waals surface area contributed by atoms with Crippen molar-refractivity contribution >= 4 is 34.1 Å². The zero-order valence-electron chi connectivity index (χ0n) is 19.4. The zero-order valence-corrected chi connectivity index (χ0v) is 20.2. The van der Waals surface area contributed by atoms with E-state index >= 15 is 0 Å². The maximum atomic E-state index is 13.0. The molecule has 1 aromatic heterocycles. The molecule has 0 spiro atoms. The summed E-state index contributed by atoms with van der Waals surface area (Å²) in [6.07, 6.45) is 0. The molecule has 0 bridgehead atoms. The van der Waals surface area contributed by atoms with E-state index in [1.54, 1.807) is 24.3 Å². The minimum absolute atomic E-state index is 0.236. The van der Waals surface area contributed by atoms with Crippen LogP contribution in [0.15, 0.2) is 83.3 Å². The molecule has 7 nitrogen and oxygen atoms in total. The number of thiocarbonyl (C=S) groups is 1. The second-order valence-electron chi connectivity index (χ2n) is 8.13. The van der Waals surface area contributed by atoms with Crippen molar-refractivity contribution < 1.29 is 19.2 Å². The first-order valence-corrected chi connectivity index (χ1v) is 11.6. The molecular formula is C27H27N3O4S. The second-order valence-corrected chi connectivity index (χ2v) is 8.54. The number of hydroxylamine groups is 1. The number of amides is 1. The summed E-state index contributed by atoms with van der Waals surface area (Å²) in [7, 11) is 2.03. The van der Waals surface area contributed by atoms with E-state index in [0.29, 0.717) is 35.7 Å². The summed E-state index contributed by atoms with van der Waals surface area (Å²) in [5, 5.41) is 12.7. The Labute approximate surface area is 209 Å². The van der Waals surface area contributed by atoms with E-state index in [4.69, 9.17) is 26.6 Å². The molecule has 35 heavy (non-hydrogen) atoms. The molecule has 8 heteroatoms. The molecule has 0 radical (unpaired) electrons. The van der Waals surface area contributed by atoms with E-state index in [1.807, 2.05) is 55.0 Å². The highest BCUT2D eigenvalue weighted by Gasteiger charge is 2.21. The number of benzene rings is 3. The van der Waals surface area contributed by atoms with Crippen LogP contribution in [0.4, 0.5) is 0 Å². The van der Waals surface area contributed by atoms with Crippen molar-refractivity contribution in [2.45, 2.75) is 13.1 Å². The molecule has 0 fully saturated rings. The lowest BCUT2D eigenvalue weighted by molar-refractivity contribution is 0.0919. The fraction of sp³-hybridized carbons (Fsp3) is 0.185. The van der Waals surface area contributed by atoms with E-state index in [1.165, 1.54) is 5.56 Å². The molecule has 0 aliphatic carbocycles. The summed E-state index contributed by atoms with van der Waals surface area (Å²) in [6.45, 7) is 1.93. The molecule has 0 aliphatic rings. The van der Waals surface area contributed by atoms with E-state index in [2.05, 4.69) is 22.3 Å². The van der Waals surface area contributed by atoms with Gasteiger partial charge in [-0.3, -0.25) is 20.4 Å². The topological polar surface area (TPSA) is 87.0 Å². The first kappa shape index (κ1) is 24.4. The zero-order chi connectivity index (χ0) is 24.6. The van der Waals surface area contributed by atoms with Gasteiger partial charge in [-0.15, -0.1) is 0 Å². The number of furan rings is 1. The van der Waals surface area contributed by atoms with Crippen LogP contribution in [0.25, 0.3) is 11.0 Å². The van der Waals surface area contributed by atoms with Crippen LogP contribution in [0.1, 0.15) is 27.2 Å². The monoisotopic (exact) mass is 489 g/mol. The molecule has 0 saturated carbocycles. The number of para-hydroxylation sites is 1. The number of carbonyl (C=O) groups is 1. The Balaban J connectivity index is 1.38. The Morgan fingerprint density at radius 2 is 1.71 bits per heavy atom. The maximum absolute atomic E-state index is 13.0. The quantitative estimate of drug-likeness (QED) is 0.171. The number of ether oxygens (including phenoxy) is 1. The minimum Gasteiger partial charge on any atom is -0.492 e. The molecule has 0 atom stereocenters. The predicted molar refractivity (Wildman–Crippen MR) is 139 cm³/mol. The first-order chi connectivity index (χ1) is 17.0. The van der Waals surface area contributed by atoms with Crippen LogP contribution in [0.5, 0.6) is 5.75 Å². The average Bonchev–Trinajstić information content (AvgIpc) is 3.25. The van der Waals surface area contributed by atoms with Crippen molar-refractivity contribution in [3.8, 4) is 5.75 Å². The van der Waals surface area contributed by atoms with Gasteiger partial charge in [0.15, 0.2) is 5.76 Å². The summed E-state index contributed by atoms with van der Waals surface area (Å²) < 4.78 is 11.7. The molecule has 4 aromatic rings. The number of nitrogens with zero attached hydrogens (tertiary/aromatic N) is 1. The third-order valence-electron chi connectivity index (χ3n) is 5.50. The second kappa shape index (κ2) is 11.6. The van der Waals surface area contributed by atoms with Crippen molar-refractivity contribution in [3.63, 3.8) is 0 Å². The fourth-order valence-corrected chi connectivity index (χ4v) is 3.98. The van der Waals surface area contributed by atoms with Crippen LogP contribution < -0.4 is 15.5 Å². The molecule has 1 amide bonds. The van der Waals surface area contributed by atoms with Crippen LogP contribution >= 0.6 is 12.2 Å². The van der Waals surface area contributed by atoms with Gasteiger partial charge in [0.25, 0.3) is 5.91 Å². The van der Waals surface area contributed by atoms with Gasteiger partial charge in [-0.2, -0.15) is 0 Å². The van der Waals surface area contributed by atoms with Gasteiger partial charge in [0, 0.05) is 29.6 Å². The van der Waals surface area contributed by atoms with E-state index in [0.717, 1.165) is 17.5 Å². The standard InChI is InChI=1S/C27H27N3O4S/c1-30(17-19-7-3-2-4-8-19)18-23-22-9-5-6-10-24(22)34-25(23)26(31)28-15-16-33-21-13-11-20(12-14-21)27(35)29-32/h2-14,32H,15-18H2,1H3,(H,28,31)(H,29,35). The van der Waals surface area contributed by atoms with Crippen LogP contribution in [0.2, 0.25) is 0 Å². The van der Waals surface area contributed by atoms with Gasteiger partial charge in [0.05, 0.1) is 6.54 Å². The SMILES string of the molecule is CN(Cc1ccccc1)Cc1c(C(=O)NCCOc2ccc(C(=S)NO)cc2)oc2ccccc12. The number of carbonyl (C=O) groups excluding carboxylic acids is 1. The summed E-state index contributed by atoms with van der Waals surface area (Å²) in [5.74, 6) is 0.679. The molecule has 4 rings (SSSR count). The minimum atomic E-state index is -0.275. The summed E-state index contributed by atoms with van der Waals surface area (Å²) in [6, 6.07) is 24.9. The summed E-state index contributed by atoms with van der Waals surface area (Å²) in [4.78, 5) is 15.4. The first-order valence-electron chi connectivity index (χ1n) is 11.2. The normalized spacial score (nSPS) is 10.9. The highest BCUT2D eigenvalue weighted by molar-refractivity contribution is 7.80. The van der Waals surface area contributed by atoms with Crippen LogP contribution in [-0.2, 0) is 13.1 Å². The van der Waals surface area contributed by atoms with Gasteiger partial charge in [0.2, 0.25) is 0 Å². The molecule has 0 unspecified atom stereocenters. The van der Waals surface area contributed by atoms with Crippen LogP contribution in [0, 0.1) is 0 Å². The Bertz CT molecular complexity index is 1290. The average molecular weight is 490 g/mol. The number of nitrogens with one attached hydrogen (secondary N) is 2. The van der Waals surface area contributed by atoms with Crippen LogP contribution in [-0.4, -0.2) is 41.2 Å². The fourth-order valence-electron chi connectivity index (χ4n) is 3.84. The largest absolute Gasteiger partial charge is 0.492 e. The molecule has 180 valence electrons. The van der Waals surface area contributed by atoms with Crippen LogP contribution in [0.3, 0.4) is 0 Å². The van der Waals surface area contributed by atoms with Gasteiger partial charge in [-0.25, -0.2) is 0 Å². The van der Waals surface area contributed by atoms with E-state index in [9.17, 15) is 4.79 Å². The van der Waals surface area contributed by atoms with Gasteiger partial charge < -0.3 is 14.5 Å². The lowest BCUT2D eigenvalue weighted by Gasteiger charge is -2.17. The highest BCUT2D eigenvalue weighted by Crippen LogP contribution is 2.27. The van der Waals surface area contributed by atoms with Gasteiger partial charge in [-0.05, 0) is 42.9 Å². The maximum Gasteiger partial charge on any atom is 0.287 e. The van der Waals surface area contributed by atoms with Crippen molar-refractivity contribution in [2.24, 2.45) is 0 Å². The van der Waals surface area contributed by atoms with Crippen molar-refractivity contribution in [2.75, 3.05) is 20.2 Å². The third-order valence-corrected chi connectivity index (χ3v) is 5.83. The summed E-state index contributed by atoms with van der Waals surface area (Å²) in [5.41, 5.74) is 5.38. The lowest BCUT2D eigenvalue weighted by atomic mass is 10.1. The predicted octanol–water partition coefficient (Wildman–Crippen LogP) is 4.53. The molecule has 0 aliphatic heterocycles. The molecule has 1 heterocycles. The molecular weight excluding hydrogens is 462 g/mol. The highest BCUT2D eigenvalue weighted by atomic mass is 32.1. The van der Waals surface area contributed by atoms with Crippen molar-refractivity contribution in [1.29, 1.82) is 0 Å². The summed E-state index contributed by atoms with van der Waals surface area (Å²) >= 11 is 4.98. The number of hydrogen-bond donors (Lipinski definition) is 3.